The van der Waals surface area contributed by atoms with E-state index in [1.54, 1.807) is 28.1 Å². The first-order chi connectivity index (χ1) is 19.9. The van der Waals surface area contributed by atoms with Crippen LogP contribution in [0.2, 0.25) is 0 Å². The Morgan fingerprint density at radius 1 is 0.951 bits per heavy atom. The number of hydrogen-bond donors (Lipinski definition) is 2. The van der Waals surface area contributed by atoms with E-state index >= 15 is 0 Å². The molecule has 0 saturated carbocycles. The number of hydrogen-bond acceptors (Lipinski definition) is 5. The summed E-state index contributed by atoms with van der Waals surface area (Å²) >= 11 is 0. The molecular weight excluding hydrogens is 527 g/mol. The number of benzene rings is 2. The van der Waals surface area contributed by atoms with Gasteiger partial charge in [-0.25, -0.2) is 4.39 Å². The Bertz CT molecular complexity index is 1430. The molecule has 0 unspecified atom stereocenters. The maximum atomic E-state index is 13.5. The van der Waals surface area contributed by atoms with Crippen LogP contribution in [0.1, 0.15) is 51.6 Å². The summed E-state index contributed by atoms with van der Waals surface area (Å²) in [5, 5.41) is 3.10. The highest BCUT2D eigenvalue weighted by Crippen LogP contribution is 2.52. The van der Waals surface area contributed by atoms with E-state index in [1.165, 1.54) is 24.3 Å². The number of aromatic nitrogens is 1. The Morgan fingerprint density at radius 2 is 1.78 bits per heavy atom. The monoisotopic (exact) mass is 560 g/mol. The van der Waals surface area contributed by atoms with Gasteiger partial charge in [-0.15, -0.1) is 0 Å². The lowest BCUT2D eigenvalue weighted by atomic mass is 9.73. The summed E-state index contributed by atoms with van der Waals surface area (Å²) in [6.45, 7) is 2.80. The zero-order chi connectivity index (χ0) is 28.4. The van der Waals surface area contributed by atoms with Crippen molar-refractivity contribution in [2.45, 2.75) is 25.2 Å². The predicted molar refractivity (Wildman–Crippen MR) is 148 cm³/mol. The third-order valence-electron chi connectivity index (χ3n) is 8.33. The maximum absolute atomic E-state index is 13.5. The van der Waals surface area contributed by atoms with Gasteiger partial charge in [-0.3, -0.25) is 14.4 Å². The van der Waals surface area contributed by atoms with E-state index in [0.29, 0.717) is 81.5 Å². The standard InChI is InChI=1S/C31H33FN4O5/c32-22-11-9-21(10-12-22)29(38)36-17-24-23-5-1-7-26-28(23)41-20-31(24,19-36)18-34-27(37)8-3-14-35(15-4-16-40-26)30(39)25-6-2-13-33-25/h1-2,5-7,9-13,24,33H,3-4,8,14-20H2,(H,34,37)/t24-,31+/m0/s1. The third kappa shape index (κ3) is 5.38. The number of amides is 3. The lowest BCUT2D eigenvalue weighted by molar-refractivity contribution is -0.122. The van der Waals surface area contributed by atoms with Crippen LogP contribution >= 0.6 is 0 Å². The molecule has 3 aromatic rings. The molecular formula is C31H33FN4O5. The molecule has 10 heteroatoms. The normalized spacial score (nSPS) is 22.9. The van der Waals surface area contributed by atoms with E-state index in [9.17, 15) is 18.8 Å². The number of rotatable bonds is 2. The fourth-order valence-corrected chi connectivity index (χ4v) is 6.17. The van der Waals surface area contributed by atoms with Gasteiger partial charge in [-0.2, -0.15) is 0 Å². The second-order valence-electron chi connectivity index (χ2n) is 11.0. The highest BCUT2D eigenvalue weighted by molar-refractivity contribution is 5.94. The first-order valence-electron chi connectivity index (χ1n) is 14.1. The van der Waals surface area contributed by atoms with Gasteiger partial charge in [-0.05, 0) is 55.3 Å². The van der Waals surface area contributed by atoms with Gasteiger partial charge in [0, 0.05) is 67.8 Å². The second kappa shape index (κ2) is 11.3. The molecule has 1 spiro atoms. The molecule has 4 bridgehead atoms. The molecule has 7 rings (SSSR count). The summed E-state index contributed by atoms with van der Waals surface area (Å²) in [7, 11) is 0. The Morgan fingerprint density at radius 3 is 2.59 bits per heavy atom. The Hall–Kier alpha value is -4.34. The van der Waals surface area contributed by atoms with Gasteiger partial charge in [0.1, 0.15) is 11.5 Å². The smallest absolute Gasteiger partial charge is 0.270 e. The second-order valence-corrected chi connectivity index (χ2v) is 11.0. The fraction of sp³-hybridized carbons (Fsp3) is 0.387. The zero-order valence-corrected chi connectivity index (χ0v) is 22.7. The van der Waals surface area contributed by atoms with E-state index in [-0.39, 0.29) is 30.1 Å². The highest BCUT2D eigenvalue weighted by Gasteiger charge is 2.53. The minimum absolute atomic E-state index is 0.0821. The summed E-state index contributed by atoms with van der Waals surface area (Å²) in [6.07, 6.45) is 3.11. The quantitative estimate of drug-likeness (QED) is 0.499. The third-order valence-corrected chi connectivity index (χ3v) is 8.33. The van der Waals surface area contributed by atoms with Crippen molar-refractivity contribution in [3.8, 4) is 11.5 Å². The van der Waals surface area contributed by atoms with Crippen molar-refractivity contribution in [2.24, 2.45) is 5.41 Å². The van der Waals surface area contributed by atoms with Gasteiger partial charge in [-0.1, -0.05) is 12.1 Å². The van der Waals surface area contributed by atoms with E-state index in [1.807, 2.05) is 18.2 Å². The van der Waals surface area contributed by atoms with Gasteiger partial charge in [0.15, 0.2) is 11.5 Å². The van der Waals surface area contributed by atoms with Gasteiger partial charge >= 0.3 is 0 Å². The number of para-hydroxylation sites is 1. The van der Waals surface area contributed by atoms with Crippen molar-refractivity contribution >= 4 is 17.7 Å². The van der Waals surface area contributed by atoms with Crippen molar-refractivity contribution in [3.63, 3.8) is 0 Å². The lowest BCUT2D eigenvalue weighted by Gasteiger charge is -2.40. The maximum Gasteiger partial charge on any atom is 0.270 e. The minimum atomic E-state index is -0.538. The van der Waals surface area contributed by atoms with Crippen LogP contribution in [-0.4, -0.2) is 78.4 Å². The van der Waals surface area contributed by atoms with Crippen LogP contribution in [0, 0.1) is 11.2 Å². The minimum Gasteiger partial charge on any atom is -0.490 e. The Kier molecular flexibility index (Phi) is 7.38. The number of nitrogens with one attached hydrogen (secondary N) is 2. The average Bonchev–Trinajstić information content (AvgIpc) is 3.66. The van der Waals surface area contributed by atoms with Crippen molar-refractivity contribution < 1.29 is 28.2 Å². The fourth-order valence-electron chi connectivity index (χ4n) is 6.17. The largest absolute Gasteiger partial charge is 0.490 e. The number of fused-ring (bicyclic) bond motifs is 11. The molecule has 2 atom stereocenters. The molecule has 3 amide bonds. The predicted octanol–water partition coefficient (Wildman–Crippen LogP) is 3.59. The number of ether oxygens (including phenoxy) is 2. The van der Waals surface area contributed by atoms with Gasteiger partial charge < -0.3 is 29.6 Å². The molecule has 1 fully saturated rings. The summed E-state index contributed by atoms with van der Waals surface area (Å²) < 4.78 is 26.0. The van der Waals surface area contributed by atoms with Crippen LogP contribution in [0.15, 0.2) is 60.8 Å². The molecule has 2 N–H and O–H groups in total. The Labute approximate surface area is 237 Å². The number of aromatic amines is 1. The van der Waals surface area contributed by atoms with Gasteiger partial charge in [0.2, 0.25) is 5.91 Å². The summed E-state index contributed by atoms with van der Waals surface area (Å²) in [5.74, 6) is 0.398. The summed E-state index contributed by atoms with van der Waals surface area (Å²) in [4.78, 5) is 46.0. The molecule has 1 saturated heterocycles. The summed E-state index contributed by atoms with van der Waals surface area (Å²) in [6, 6.07) is 14.9. The number of halogens is 1. The van der Waals surface area contributed by atoms with Crippen LogP contribution in [0.4, 0.5) is 4.39 Å². The van der Waals surface area contributed by atoms with Crippen molar-refractivity contribution in [1.82, 2.24) is 20.1 Å². The van der Waals surface area contributed by atoms with Crippen LogP contribution in [0.5, 0.6) is 11.5 Å². The van der Waals surface area contributed by atoms with Crippen LogP contribution in [0.3, 0.4) is 0 Å². The molecule has 2 aromatic carbocycles. The molecule has 9 nitrogen and oxygen atoms in total. The summed E-state index contributed by atoms with van der Waals surface area (Å²) in [5.41, 5.74) is 1.33. The number of carbonyl (C=O) groups excluding carboxylic acids is 3. The number of nitrogens with zero attached hydrogens (tertiary/aromatic N) is 2. The lowest BCUT2D eigenvalue weighted by Crippen LogP contribution is -2.48. The molecule has 1 aromatic heterocycles. The van der Waals surface area contributed by atoms with E-state index in [2.05, 4.69) is 10.3 Å². The first kappa shape index (κ1) is 26.9. The molecule has 41 heavy (non-hydrogen) atoms. The molecule has 4 aliphatic rings. The Balaban J connectivity index is 1.26. The number of carbonyl (C=O) groups is 3. The van der Waals surface area contributed by atoms with Crippen LogP contribution in [-0.2, 0) is 4.79 Å². The molecule has 214 valence electrons. The van der Waals surface area contributed by atoms with E-state index in [4.69, 9.17) is 9.47 Å². The SMILES string of the molecule is O=C1CCCN(C(=O)c2ccc[nH]2)CCCOc2cccc3c2OC[C@@]2(CN1)CN(C(=O)c1ccc(F)cc1)C[C@@H]32. The van der Waals surface area contributed by atoms with E-state index < -0.39 is 11.2 Å². The van der Waals surface area contributed by atoms with Crippen molar-refractivity contribution in [1.29, 1.82) is 0 Å². The first-order valence-corrected chi connectivity index (χ1v) is 14.1. The highest BCUT2D eigenvalue weighted by atomic mass is 19.1. The molecule has 5 heterocycles. The molecule has 0 radical (unpaired) electrons. The molecule has 0 aliphatic carbocycles. The molecule has 4 aliphatic heterocycles. The van der Waals surface area contributed by atoms with Crippen LogP contribution in [0.25, 0.3) is 0 Å². The van der Waals surface area contributed by atoms with Gasteiger partial charge in [0.05, 0.1) is 13.2 Å². The average molecular weight is 561 g/mol. The number of likely N-dealkylation sites (tertiary alicyclic amines) is 1. The van der Waals surface area contributed by atoms with Crippen molar-refractivity contribution in [2.75, 3.05) is 45.9 Å². The number of H-pyrrole nitrogens is 1. The topological polar surface area (TPSA) is 104 Å². The zero-order valence-electron chi connectivity index (χ0n) is 22.7. The van der Waals surface area contributed by atoms with Crippen LogP contribution < -0.4 is 14.8 Å². The van der Waals surface area contributed by atoms with Gasteiger partial charge in [0.25, 0.3) is 11.8 Å². The van der Waals surface area contributed by atoms with E-state index in [0.717, 1.165) is 5.56 Å². The van der Waals surface area contributed by atoms with Crippen molar-refractivity contribution in [3.05, 3.63) is 83.4 Å².